The molecule has 1 unspecified atom stereocenters. The van der Waals surface area contributed by atoms with E-state index in [1.54, 1.807) is 27.7 Å². The molecule has 35 nitrogen and oxygen atoms in total. The summed E-state index contributed by atoms with van der Waals surface area (Å²) < 4.78 is 40.8. The highest BCUT2D eigenvalue weighted by molar-refractivity contribution is 5.85. The Hall–Kier alpha value is -10.1. The number of carboxylic acids is 1. The Morgan fingerprint density at radius 2 is 0.868 bits per heavy atom. The standard InChI is InChI=1S/C21H26N6O6.C13H20N6O4.C13H17NO4.C8H11N5O3.ClH/c1-13(2)15(24-21(30)33-10-14-6-4-3-5-7-14)19(29)32-9-8-31-12-27-11-23-16-17(27)25-20(22)26-18(16)28;1-7(2)8(14)12(21)23-4-3-22-6-19-5-16-9-10(19)17-13(15)18-11(9)20;1-9(2)11(12(15)16)14-13(17)18-8-10-6-4-3-5-7-10;9-8-11-6-5(7(15)12-8)10-3-13(6)4-16-2-1-14;/h3-7,11,13,15H,8-10,12H2,1-2H3,(H,24,30)(H3,22,25,26,28);5,7-8H,3-4,6,14H2,1-2H3,(H3,15,17,18,20);3-7,9,11H,8H2,1-2H3,(H,14,17)(H,15,16);3,14H,1-2,4H2,(H3,9,11,12,15);1H/t15-;8-;;;/m00.../s1. The van der Waals surface area contributed by atoms with Crippen LogP contribution in [0.3, 0.4) is 0 Å². The Morgan fingerprint density at radius 3 is 1.21 bits per heavy atom. The lowest BCUT2D eigenvalue weighted by Crippen LogP contribution is -2.45. The number of carboxylic acid groups (broad SMARTS) is 1. The number of aromatic nitrogens is 12. The van der Waals surface area contributed by atoms with Crippen LogP contribution in [0.2, 0.25) is 0 Å². The maximum absolute atomic E-state index is 12.4. The van der Waals surface area contributed by atoms with Crippen molar-refractivity contribution < 1.29 is 67.3 Å². The summed E-state index contributed by atoms with van der Waals surface area (Å²) in [6, 6.07) is 15.9. The number of esters is 2. The summed E-state index contributed by atoms with van der Waals surface area (Å²) in [6.07, 6.45) is 2.83. The van der Waals surface area contributed by atoms with Gasteiger partial charge in [-0.2, -0.15) is 15.0 Å². The van der Waals surface area contributed by atoms with Gasteiger partial charge in [0.05, 0.1) is 45.4 Å². The number of imidazole rings is 3. The number of nitrogens with zero attached hydrogens (tertiary/aromatic N) is 9. The number of carbonyl (C=O) groups excluding carboxylic acids is 4. The van der Waals surface area contributed by atoms with Crippen molar-refractivity contribution in [3.05, 3.63) is 122 Å². The lowest BCUT2D eigenvalue weighted by molar-refractivity contribution is -0.149. The zero-order valence-corrected chi connectivity index (χ0v) is 51.3. The second-order valence-corrected chi connectivity index (χ2v) is 20.1. The SMILES string of the molecule is CC(C)C(NC(=O)OCc1ccccc1)C(=O)O.CC(C)[C@H](N)C(=O)OCCOCn1cnc2c(=O)[nH]c(N)nc21.CC(C)[C@H](NC(=O)OCc1ccccc1)C(=O)OCCOCn1cnc2c(=O)[nH]c(N)nc21.Cl.Nc1nc2c(ncn2COCCO)c(=O)[nH]1. The van der Waals surface area contributed by atoms with Gasteiger partial charge in [-0.05, 0) is 28.9 Å². The number of aromatic amines is 3. The second kappa shape index (κ2) is 37.1. The summed E-state index contributed by atoms with van der Waals surface area (Å²) in [5, 5.41) is 22.3. The first-order valence-corrected chi connectivity index (χ1v) is 27.7. The molecule has 0 bridgehead atoms. The van der Waals surface area contributed by atoms with Gasteiger partial charge in [0.1, 0.15) is 64.7 Å². The Labute approximate surface area is 523 Å². The van der Waals surface area contributed by atoms with Crippen LogP contribution in [0, 0.1) is 17.8 Å². The van der Waals surface area contributed by atoms with Crippen LogP contribution in [0.25, 0.3) is 33.5 Å². The minimum Gasteiger partial charge on any atom is -0.480 e. The topological polar surface area (TPSA) is 509 Å². The van der Waals surface area contributed by atoms with Crippen LogP contribution < -0.4 is 50.2 Å². The Balaban J connectivity index is 0.000000269. The average Bonchev–Trinajstić information content (AvgIpc) is 1.76. The number of aliphatic hydroxyl groups is 1. The number of hydrogen-bond acceptors (Lipinski definition) is 26. The molecule has 8 aromatic rings. The monoisotopic (exact) mass is 1290 g/mol. The molecular formula is C55H75ClN18O17. The molecule has 0 saturated heterocycles. The number of carbonyl (C=O) groups is 5. The van der Waals surface area contributed by atoms with Crippen molar-refractivity contribution in [2.75, 3.05) is 56.8 Å². The Bertz CT molecular complexity index is 3780. The number of benzene rings is 2. The Morgan fingerprint density at radius 1 is 0.516 bits per heavy atom. The highest BCUT2D eigenvalue weighted by Crippen LogP contribution is 2.12. The predicted octanol–water partition coefficient (Wildman–Crippen LogP) is 1.48. The lowest BCUT2D eigenvalue weighted by Gasteiger charge is -2.20. The number of rotatable bonds is 26. The number of H-pyrrole nitrogens is 3. The quantitative estimate of drug-likeness (QED) is 0.0208. The van der Waals surface area contributed by atoms with Crippen molar-refractivity contribution in [1.82, 2.24) is 69.2 Å². The molecule has 15 N–H and O–H groups in total. The molecule has 0 aliphatic heterocycles. The van der Waals surface area contributed by atoms with Crippen molar-refractivity contribution in [1.29, 1.82) is 0 Å². The minimum atomic E-state index is -1.07. The minimum absolute atomic E-state index is 0. The number of fused-ring (bicyclic) bond motifs is 3. The molecule has 0 saturated carbocycles. The summed E-state index contributed by atoms with van der Waals surface area (Å²) in [4.78, 5) is 124. The van der Waals surface area contributed by atoms with Gasteiger partial charge in [0.2, 0.25) is 17.8 Å². The fourth-order valence-electron chi connectivity index (χ4n) is 7.40. The zero-order chi connectivity index (χ0) is 65.9. The highest BCUT2D eigenvalue weighted by atomic mass is 35.5. The molecule has 3 atom stereocenters. The third-order valence-electron chi connectivity index (χ3n) is 12.2. The number of alkyl carbamates (subject to hydrolysis) is 2. The van der Waals surface area contributed by atoms with Gasteiger partial charge >= 0.3 is 30.1 Å². The normalized spacial score (nSPS) is 11.9. The maximum atomic E-state index is 12.4. The van der Waals surface area contributed by atoms with E-state index < -0.39 is 59.3 Å². The van der Waals surface area contributed by atoms with Gasteiger partial charge in [-0.15, -0.1) is 12.4 Å². The number of amides is 2. The number of anilines is 3. The molecule has 91 heavy (non-hydrogen) atoms. The first kappa shape index (κ1) is 73.4. The van der Waals surface area contributed by atoms with Crippen LogP contribution in [-0.2, 0) is 80.9 Å². The summed E-state index contributed by atoms with van der Waals surface area (Å²) in [6.45, 7) is 11.6. The van der Waals surface area contributed by atoms with Crippen molar-refractivity contribution in [2.24, 2.45) is 23.5 Å². The molecule has 2 amide bonds. The first-order valence-electron chi connectivity index (χ1n) is 27.7. The third-order valence-corrected chi connectivity index (χ3v) is 12.2. The van der Waals surface area contributed by atoms with Gasteiger partial charge in [0, 0.05) is 0 Å². The molecule has 494 valence electrons. The van der Waals surface area contributed by atoms with Crippen LogP contribution in [-0.4, -0.2) is 157 Å². The predicted molar refractivity (Wildman–Crippen MR) is 329 cm³/mol. The number of aliphatic hydroxyl groups excluding tert-OH is 1. The number of nitrogens with two attached hydrogens (primary N) is 4. The third kappa shape index (κ3) is 23.4. The van der Waals surface area contributed by atoms with Gasteiger partial charge in [-0.3, -0.25) is 47.8 Å². The number of hydrogen-bond donors (Lipinski definition) is 11. The van der Waals surface area contributed by atoms with Crippen LogP contribution in [0.1, 0.15) is 52.7 Å². The van der Waals surface area contributed by atoms with Gasteiger partial charge in [-0.25, -0.2) is 34.1 Å². The van der Waals surface area contributed by atoms with Crippen molar-refractivity contribution in [3.63, 3.8) is 0 Å². The summed E-state index contributed by atoms with van der Waals surface area (Å²) in [5.74, 6) is -2.53. The van der Waals surface area contributed by atoms with E-state index in [9.17, 15) is 38.4 Å². The van der Waals surface area contributed by atoms with Crippen LogP contribution in [0.15, 0.2) is 94.0 Å². The zero-order valence-electron chi connectivity index (χ0n) is 50.5. The average molecular weight is 1300 g/mol. The van der Waals surface area contributed by atoms with Crippen LogP contribution in [0.4, 0.5) is 27.4 Å². The molecule has 36 heteroatoms. The number of nitrogens with one attached hydrogen (secondary N) is 5. The van der Waals surface area contributed by atoms with E-state index in [2.05, 4.69) is 55.5 Å². The molecular weight excluding hydrogens is 1220 g/mol. The van der Waals surface area contributed by atoms with Crippen LogP contribution in [0.5, 0.6) is 0 Å². The van der Waals surface area contributed by atoms with Crippen molar-refractivity contribution >= 4 is 93.8 Å². The smallest absolute Gasteiger partial charge is 0.408 e. The summed E-state index contributed by atoms with van der Waals surface area (Å²) in [5.41, 5.74) is 24.1. The second-order valence-electron chi connectivity index (χ2n) is 20.1. The van der Waals surface area contributed by atoms with E-state index in [0.717, 1.165) is 11.1 Å². The van der Waals surface area contributed by atoms with E-state index >= 15 is 0 Å². The van der Waals surface area contributed by atoms with E-state index in [4.69, 9.17) is 66.3 Å². The fourth-order valence-corrected chi connectivity index (χ4v) is 7.40. The van der Waals surface area contributed by atoms with E-state index in [0.29, 0.717) is 11.3 Å². The molecule has 0 radical (unpaired) electrons. The van der Waals surface area contributed by atoms with Crippen LogP contribution >= 0.6 is 12.4 Å². The molecule has 0 aliphatic rings. The molecule has 2 aromatic carbocycles. The van der Waals surface area contributed by atoms with E-state index in [1.165, 1.54) is 32.7 Å². The Kier molecular flexibility index (Phi) is 29.9. The summed E-state index contributed by atoms with van der Waals surface area (Å²) in [7, 11) is 0. The van der Waals surface area contributed by atoms with Crippen molar-refractivity contribution in [2.45, 2.75) is 93.1 Å². The van der Waals surface area contributed by atoms with Gasteiger partial charge in [0.25, 0.3) is 16.7 Å². The number of nitrogen functional groups attached to an aromatic ring is 3. The van der Waals surface area contributed by atoms with E-state index in [1.807, 2.05) is 74.5 Å². The van der Waals surface area contributed by atoms with Gasteiger partial charge < -0.3 is 76.9 Å². The number of ether oxygens (including phenoxy) is 7. The maximum Gasteiger partial charge on any atom is 0.408 e. The largest absolute Gasteiger partial charge is 0.480 e. The molecule has 0 spiro atoms. The number of halogens is 1. The van der Waals surface area contributed by atoms with Gasteiger partial charge in [-0.1, -0.05) is 102 Å². The first-order chi connectivity index (χ1) is 43.0. The lowest BCUT2D eigenvalue weighted by atomic mass is 10.1. The highest BCUT2D eigenvalue weighted by Gasteiger charge is 2.27. The molecule has 0 fully saturated rings. The molecule has 0 aliphatic carbocycles. The molecule has 6 heterocycles. The number of aliphatic carboxylic acids is 1. The molecule has 6 aromatic heterocycles. The van der Waals surface area contributed by atoms with Gasteiger partial charge in [0.15, 0.2) is 33.5 Å². The summed E-state index contributed by atoms with van der Waals surface area (Å²) >= 11 is 0. The van der Waals surface area contributed by atoms with E-state index in [-0.39, 0.29) is 149 Å². The molecule has 8 rings (SSSR count). The van der Waals surface area contributed by atoms with Crippen molar-refractivity contribution in [3.8, 4) is 0 Å². The fraction of sp³-hybridized carbons (Fsp3) is 0.418.